The molecule has 0 aromatic rings. The van der Waals surface area contributed by atoms with Gasteiger partial charge in [0.2, 0.25) is 11.8 Å². The number of nitrogens with two attached hydrogens (primary N) is 1. The second-order valence-corrected chi connectivity index (χ2v) is 6.20. The van der Waals surface area contributed by atoms with Gasteiger partial charge in [0.15, 0.2) is 0 Å². The van der Waals surface area contributed by atoms with Crippen LogP contribution in [0.2, 0.25) is 0 Å². The average molecular weight is 333 g/mol. The lowest BCUT2D eigenvalue weighted by Crippen LogP contribution is -2.56. The van der Waals surface area contributed by atoms with E-state index in [4.69, 9.17) is 10.8 Å². The Bertz CT molecular complexity index is 462. The van der Waals surface area contributed by atoms with E-state index in [1.165, 1.54) is 4.90 Å². The fraction of sp³-hybridized carbons (Fsp3) is 0.750. The number of nitrogens with one attached hydrogen (secondary N) is 1. The molecule has 2 fully saturated rings. The standard InChI is InChI=1S/C12H19N3O4S2/c13-7(3-20)11(17)15-2-5-1-6(5)9(15)10(16)14-8(4-21)12(18)19/h5-9,20-21H,1-4,13H2,(H,14,16)(H,18,19). The molecule has 4 N–H and O–H groups in total. The highest BCUT2D eigenvalue weighted by atomic mass is 32.1. The first-order valence-corrected chi connectivity index (χ1v) is 7.98. The monoisotopic (exact) mass is 333 g/mol. The molecule has 9 heteroatoms. The van der Waals surface area contributed by atoms with Crippen LogP contribution in [0.5, 0.6) is 0 Å². The summed E-state index contributed by atoms with van der Waals surface area (Å²) in [6.45, 7) is 0.502. The van der Waals surface area contributed by atoms with Crippen molar-refractivity contribution >= 4 is 43.0 Å². The van der Waals surface area contributed by atoms with Crippen molar-refractivity contribution in [3.8, 4) is 0 Å². The summed E-state index contributed by atoms with van der Waals surface area (Å²) in [6.07, 6.45) is 0.886. The quantitative estimate of drug-likeness (QED) is 0.383. The number of hydrogen-bond donors (Lipinski definition) is 5. The van der Waals surface area contributed by atoms with Crippen molar-refractivity contribution in [2.24, 2.45) is 17.6 Å². The average Bonchev–Trinajstić information content (AvgIpc) is 3.12. The van der Waals surface area contributed by atoms with Crippen LogP contribution >= 0.6 is 25.3 Å². The fourth-order valence-electron chi connectivity index (χ4n) is 2.76. The first kappa shape index (κ1) is 16.4. The topological polar surface area (TPSA) is 113 Å². The molecule has 1 heterocycles. The highest BCUT2D eigenvalue weighted by Gasteiger charge is 2.57. The van der Waals surface area contributed by atoms with E-state index in [0.29, 0.717) is 12.5 Å². The zero-order valence-corrected chi connectivity index (χ0v) is 13.1. The number of thiol groups is 2. The molecule has 21 heavy (non-hydrogen) atoms. The van der Waals surface area contributed by atoms with E-state index >= 15 is 0 Å². The van der Waals surface area contributed by atoms with Crippen LogP contribution in [-0.4, -0.2) is 64.0 Å². The molecule has 0 spiro atoms. The normalized spacial score (nSPS) is 29.5. The second-order valence-electron chi connectivity index (χ2n) is 5.47. The summed E-state index contributed by atoms with van der Waals surface area (Å²) in [5.41, 5.74) is 5.69. The minimum Gasteiger partial charge on any atom is -0.480 e. The van der Waals surface area contributed by atoms with E-state index in [-0.39, 0.29) is 23.3 Å². The molecule has 0 aromatic carbocycles. The van der Waals surface area contributed by atoms with Crippen LogP contribution in [0.25, 0.3) is 0 Å². The molecule has 0 radical (unpaired) electrons. The largest absolute Gasteiger partial charge is 0.480 e. The molecule has 1 saturated carbocycles. The molecule has 7 nitrogen and oxygen atoms in total. The van der Waals surface area contributed by atoms with Crippen molar-refractivity contribution in [3.63, 3.8) is 0 Å². The first-order chi connectivity index (χ1) is 9.90. The number of carbonyl (C=O) groups is 3. The van der Waals surface area contributed by atoms with E-state index in [0.717, 1.165) is 6.42 Å². The highest BCUT2D eigenvalue weighted by Crippen LogP contribution is 2.49. The Morgan fingerprint density at radius 1 is 1.33 bits per heavy atom. The SMILES string of the molecule is NC(CS)C(=O)N1CC2CC2C1C(=O)NC(CS)C(=O)O. The van der Waals surface area contributed by atoms with Gasteiger partial charge >= 0.3 is 5.97 Å². The van der Waals surface area contributed by atoms with E-state index < -0.39 is 30.0 Å². The third kappa shape index (κ3) is 3.29. The van der Waals surface area contributed by atoms with Crippen molar-refractivity contribution in [2.45, 2.75) is 24.5 Å². The van der Waals surface area contributed by atoms with Gasteiger partial charge in [0, 0.05) is 18.1 Å². The van der Waals surface area contributed by atoms with Crippen molar-refractivity contribution in [3.05, 3.63) is 0 Å². The number of aliphatic carboxylic acids is 1. The molecule has 0 aromatic heterocycles. The van der Waals surface area contributed by atoms with Crippen molar-refractivity contribution in [2.75, 3.05) is 18.1 Å². The maximum Gasteiger partial charge on any atom is 0.327 e. The van der Waals surface area contributed by atoms with Crippen LogP contribution in [0.15, 0.2) is 0 Å². The Kier molecular flexibility index (Phi) is 5.05. The number of piperidine rings is 1. The van der Waals surface area contributed by atoms with E-state index in [1.54, 1.807) is 0 Å². The lowest BCUT2D eigenvalue weighted by Gasteiger charge is -2.29. The Labute approximate surface area is 133 Å². The van der Waals surface area contributed by atoms with Gasteiger partial charge in [-0.05, 0) is 18.3 Å². The Morgan fingerprint density at radius 2 is 2.00 bits per heavy atom. The molecule has 5 unspecified atom stereocenters. The van der Waals surface area contributed by atoms with Crippen LogP contribution in [0, 0.1) is 11.8 Å². The van der Waals surface area contributed by atoms with Gasteiger partial charge in [-0.15, -0.1) is 0 Å². The number of hydrogen-bond acceptors (Lipinski definition) is 6. The van der Waals surface area contributed by atoms with Crippen LogP contribution in [0.1, 0.15) is 6.42 Å². The van der Waals surface area contributed by atoms with Crippen LogP contribution in [-0.2, 0) is 14.4 Å². The van der Waals surface area contributed by atoms with Crippen LogP contribution in [0.3, 0.4) is 0 Å². The third-order valence-corrected chi connectivity index (χ3v) is 4.77. The van der Waals surface area contributed by atoms with Gasteiger partial charge in [0.05, 0.1) is 6.04 Å². The minimum atomic E-state index is -1.14. The van der Waals surface area contributed by atoms with E-state index in [1.807, 2.05) is 0 Å². The van der Waals surface area contributed by atoms with Crippen molar-refractivity contribution < 1.29 is 19.5 Å². The van der Waals surface area contributed by atoms with Gasteiger partial charge in [0.1, 0.15) is 12.1 Å². The predicted molar refractivity (Wildman–Crippen MR) is 82.3 cm³/mol. The van der Waals surface area contributed by atoms with Crippen molar-refractivity contribution in [1.29, 1.82) is 0 Å². The molecule has 1 aliphatic carbocycles. The molecular formula is C12H19N3O4S2. The number of fused-ring (bicyclic) bond motifs is 1. The van der Waals surface area contributed by atoms with Crippen LogP contribution in [0.4, 0.5) is 0 Å². The van der Waals surface area contributed by atoms with Gasteiger partial charge in [-0.1, -0.05) is 0 Å². The zero-order valence-electron chi connectivity index (χ0n) is 11.3. The van der Waals surface area contributed by atoms with Gasteiger partial charge < -0.3 is 21.1 Å². The van der Waals surface area contributed by atoms with Gasteiger partial charge in [-0.25, -0.2) is 4.79 Å². The van der Waals surface area contributed by atoms with Gasteiger partial charge in [-0.2, -0.15) is 25.3 Å². The van der Waals surface area contributed by atoms with Crippen molar-refractivity contribution in [1.82, 2.24) is 10.2 Å². The summed E-state index contributed by atoms with van der Waals surface area (Å²) >= 11 is 7.91. The number of rotatable bonds is 6. The number of likely N-dealkylation sites (tertiary alicyclic amines) is 1. The number of carbonyl (C=O) groups excluding carboxylic acids is 2. The highest BCUT2D eigenvalue weighted by molar-refractivity contribution is 7.80. The zero-order chi connectivity index (χ0) is 15.7. The summed E-state index contributed by atoms with van der Waals surface area (Å²) in [7, 11) is 0. The maximum absolute atomic E-state index is 12.3. The van der Waals surface area contributed by atoms with E-state index in [9.17, 15) is 14.4 Å². The molecule has 2 rings (SSSR count). The molecule has 1 saturated heterocycles. The number of carboxylic acid groups (broad SMARTS) is 1. The molecule has 2 amide bonds. The maximum atomic E-state index is 12.3. The van der Waals surface area contributed by atoms with Gasteiger partial charge in [0.25, 0.3) is 0 Å². The summed E-state index contributed by atoms with van der Waals surface area (Å²) in [6, 6.07) is -2.44. The molecule has 5 atom stereocenters. The second kappa shape index (κ2) is 6.45. The summed E-state index contributed by atoms with van der Waals surface area (Å²) in [4.78, 5) is 36.9. The third-order valence-electron chi connectivity index (χ3n) is 4.01. The molecule has 118 valence electrons. The molecule has 0 bridgehead atoms. The van der Waals surface area contributed by atoms with Crippen LogP contribution < -0.4 is 11.1 Å². The number of nitrogens with zero attached hydrogens (tertiary/aromatic N) is 1. The Morgan fingerprint density at radius 3 is 2.52 bits per heavy atom. The molecular weight excluding hydrogens is 314 g/mol. The predicted octanol–water partition coefficient (Wildman–Crippen LogP) is -1.41. The lowest BCUT2D eigenvalue weighted by molar-refractivity contribution is -0.144. The number of amides is 2. The minimum absolute atomic E-state index is 0.00795. The Hall–Kier alpha value is -0.930. The summed E-state index contributed by atoms with van der Waals surface area (Å²) in [5.74, 6) is -1.28. The Balaban J connectivity index is 2.07. The molecule has 1 aliphatic heterocycles. The van der Waals surface area contributed by atoms with E-state index in [2.05, 4.69) is 30.6 Å². The lowest BCUT2D eigenvalue weighted by atomic mass is 10.1. The van der Waals surface area contributed by atoms with Gasteiger partial charge in [-0.3, -0.25) is 9.59 Å². The summed E-state index contributed by atoms with van der Waals surface area (Å²) in [5, 5.41) is 11.4. The smallest absolute Gasteiger partial charge is 0.327 e. The molecule has 2 aliphatic rings. The first-order valence-electron chi connectivity index (χ1n) is 6.71. The number of carboxylic acids is 1. The fourth-order valence-corrected chi connectivity index (χ4v) is 3.17. The summed E-state index contributed by atoms with van der Waals surface area (Å²) < 4.78 is 0.